The predicted molar refractivity (Wildman–Crippen MR) is 100 cm³/mol. The van der Waals surface area contributed by atoms with E-state index in [-0.39, 0.29) is 0 Å². The number of benzene rings is 3. The first-order valence-corrected chi connectivity index (χ1v) is 8.87. The van der Waals surface area contributed by atoms with Crippen LogP contribution in [-0.4, -0.2) is 0 Å². The molecule has 0 saturated heterocycles. The van der Waals surface area contributed by atoms with E-state index in [1.54, 1.807) is 11.1 Å². The maximum Gasteiger partial charge on any atom is 0.0354 e. The van der Waals surface area contributed by atoms with E-state index in [1.807, 2.05) is 0 Å². The van der Waals surface area contributed by atoms with Gasteiger partial charge in [0.05, 0.1) is 0 Å². The molecule has 0 atom stereocenters. The summed E-state index contributed by atoms with van der Waals surface area (Å²) in [5.74, 6) is 0.797. The highest BCUT2D eigenvalue weighted by molar-refractivity contribution is 5.71. The van der Waals surface area contributed by atoms with Gasteiger partial charge in [0.1, 0.15) is 0 Å². The Balaban J connectivity index is 1.95. The van der Waals surface area contributed by atoms with Crippen LogP contribution in [-0.2, 0) is 0 Å². The molecule has 3 aromatic rings. The summed E-state index contributed by atoms with van der Waals surface area (Å²) in [6, 6.07) is 18.6. The molecule has 0 aliphatic heterocycles. The lowest BCUT2D eigenvalue weighted by atomic mass is 9.59. The van der Waals surface area contributed by atoms with Crippen LogP contribution in [0.4, 0.5) is 0 Å². The molecule has 3 aromatic carbocycles. The highest BCUT2D eigenvalue weighted by atomic mass is 14.4. The molecule has 24 heavy (non-hydrogen) atoms. The third-order valence-electron chi connectivity index (χ3n) is 5.94. The Morgan fingerprint density at radius 1 is 0.542 bits per heavy atom. The SMILES string of the molecule is Cc1cc(C)c2c(c1)C1c3ccccc3C2c2c(C)cc(C)cc21. The van der Waals surface area contributed by atoms with Crippen LogP contribution in [0, 0.1) is 27.7 Å². The molecule has 0 fully saturated rings. The van der Waals surface area contributed by atoms with Crippen LogP contribution in [0.15, 0.2) is 48.5 Å². The summed E-state index contributed by atoms with van der Waals surface area (Å²) in [6.07, 6.45) is 0. The highest BCUT2D eigenvalue weighted by Gasteiger charge is 2.42. The number of rotatable bonds is 0. The van der Waals surface area contributed by atoms with Crippen molar-refractivity contribution >= 4 is 0 Å². The monoisotopic (exact) mass is 310 g/mol. The van der Waals surface area contributed by atoms with E-state index in [1.165, 1.54) is 44.5 Å². The van der Waals surface area contributed by atoms with E-state index < -0.39 is 0 Å². The van der Waals surface area contributed by atoms with Crippen molar-refractivity contribution < 1.29 is 0 Å². The van der Waals surface area contributed by atoms with Crippen LogP contribution in [0.5, 0.6) is 0 Å². The second-order valence-corrected chi connectivity index (χ2v) is 7.66. The molecule has 0 radical (unpaired) electrons. The van der Waals surface area contributed by atoms with Gasteiger partial charge in [0.2, 0.25) is 0 Å². The lowest BCUT2D eigenvalue weighted by Crippen LogP contribution is -2.29. The third kappa shape index (κ3) is 1.64. The quantitative estimate of drug-likeness (QED) is 0.334. The van der Waals surface area contributed by atoms with Gasteiger partial charge in [-0.25, -0.2) is 0 Å². The Labute approximate surface area is 144 Å². The molecular weight excluding hydrogens is 288 g/mol. The van der Waals surface area contributed by atoms with Crippen LogP contribution < -0.4 is 0 Å². The van der Waals surface area contributed by atoms with Crippen molar-refractivity contribution in [2.24, 2.45) is 0 Å². The van der Waals surface area contributed by atoms with Crippen LogP contribution in [0.2, 0.25) is 0 Å². The Kier molecular flexibility index (Phi) is 2.69. The van der Waals surface area contributed by atoms with E-state index in [0.29, 0.717) is 11.8 Å². The van der Waals surface area contributed by atoms with E-state index >= 15 is 0 Å². The minimum atomic E-state index is 0.397. The van der Waals surface area contributed by atoms with Crippen LogP contribution in [0.1, 0.15) is 67.5 Å². The van der Waals surface area contributed by atoms with Gasteiger partial charge in [-0.2, -0.15) is 0 Å². The average molecular weight is 310 g/mol. The Morgan fingerprint density at radius 2 is 1.00 bits per heavy atom. The van der Waals surface area contributed by atoms with Gasteiger partial charge in [-0.1, -0.05) is 59.7 Å². The zero-order valence-electron chi connectivity index (χ0n) is 14.8. The van der Waals surface area contributed by atoms with Crippen LogP contribution in [0.3, 0.4) is 0 Å². The fourth-order valence-corrected chi connectivity index (χ4v) is 5.28. The largest absolute Gasteiger partial charge is 0.0619 e. The van der Waals surface area contributed by atoms with Gasteiger partial charge in [0.15, 0.2) is 0 Å². The van der Waals surface area contributed by atoms with E-state index in [0.717, 1.165) is 0 Å². The summed E-state index contributed by atoms with van der Waals surface area (Å²) in [5, 5.41) is 0. The van der Waals surface area contributed by atoms with Crippen molar-refractivity contribution in [3.8, 4) is 0 Å². The Hall–Kier alpha value is -2.34. The summed E-state index contributed by atoms with van der Waals surface area (Å²) >= 11 is 0. The molecule has 0 heterocycles. The molecule has 0 spiro atoms. The standard InChI is InChI=1S/C24H22/c1-13-9-15(3)21-19(11-13)23-17-7-5-6-8-18(17)24(21)22-16(4)10-14(2)12-20(22)23/h5-12,23-24H,1-4H3. The first kappa shape index (κ1) is 14.0. The molecule has 118 valence electrons. The fraction of sp³-hybridized carbons (Fsp3) is 0.250. The van der Waals surface area contributed by atoms with Gasteiger partial charge in [-0.3, -0.25) is 0 Å². The van der Waals surface area contributed by atoms with Gasteiger partial charge in [-0.05, 0) is 72.2 Å². The topological polar surface area (TPSA) is 0 Å². The Bertz CT molecular complexity index is 947. The van der Waals surface area contributed by atoms with E-state index in [9.17, 15) is 0 Å². The maximum absolute atomic E-state index is 2.43. The number of hydrogen-bond donors (Lipinski definition) is 0. The average Bonchev–Trinajstić information content (AvgIpc) is 2.53. The summed E-state index contributed by atoms with van der Waals surface area (Å²) in [6.45, 7) is 9.03. The van der Waals surface area contributed by atoms with Crippen LogP contribution >= 0.6 is 0 Å². The minimum Gasteiger partial charge on any atom is -0.0619 e. The third-order valence-corrected chi connectivity index (χ3v) is 5.94. The van der Waals surface area contributed by atoms with Crippen molar-refractivity contribution in [3.05, 3.63) is 104 Å². The lowest BCUT2D eigenvalue weighted by molar-refractivity contribution is 0.740. The van der Waals surface area contributed by atoms with Crippen LogP contribution in [0.25, 0.3) is 0 Å². The number of aryl methyl sites for hydroxylation is 4. The molecule has 3 aliphatic rings. The summed E-state index contributed by atoms with van der Waals surface area (Å²) in [7, 11) is 0. The van der Waals surface area contributed by atoms with Gasteiger partial charge in [0, 0.05) is 11.8 Å². The molecule has 6 rings (SSSR count). The van der Waals surface area contributed by atoms with Crippen molar-refractivity contribution in [2.75, 3.05) is 0 Å². The molecule has 0 aromatic heterocycles. The molecule has 0 N–H and O–H groups in total. The molecule has 0 saturated carbocycles. The van der Waals surface area contributed by atoms with Crippen molar-refractivity contribution in [3.63, 3.8) is 0 Å². The normalized spacial score (nSPS) is 19.7. The lowest BCUT2D eigenvalue weighted by Gasteiger charge is -2.44. The van der Waals surface area contributed by atoms with Gasteiger partial charge < -0.3 is 0 Å². The van der Waals surface area contributed by atoms with Crippen molar-refractivity contribution in [2.45, 2.75) is 39.5 Å². The van der Waals surface area contributed by atoms with E-state index in [2.05, 4.69) is 76.2 Å². The van der Waals surface area contributed by atoms with Gasteiger partial charge >= 0.3 is 0 Å². The molecular formula is C24H22. The molecule has 2 bridgehead atoms. The zero-order chi connectivity index (χ0) is 16.6. The maximum atomic E-state index is 2.43. The first-order valence-electron chi connectivity index (χ1n) is 8.87. The zero-order valence-corrected chi connectivity index (χ0v) is 14.8. The second kappa shape index (κ2) is 4.60. The summed E-state index contributed by atoms with van der Waals surface area (Å²) in [4.78, 5) is 0. The van der Waals surface area contributed by atoms with Crippen molar-refractivity contribution in [1.82, 2.24) is 0 Å². The highest BCUT2D eigenvalue weighted by Crippen LogP contribution is 2.57. The minimum absolute atomic E-state index is 0.397. The van der Waals surface area contributed by atoms with Gasteiger partial charge in [0.25, 0.3) is 0 Å². The first-order chi connectivity index (χ1) is 11.6. The summed E-state index contributed by atoms with van der Waals surface area (Å²) < 4.78 is 0. The number of hydrogen-bond acceptors (Lipinski definition) is 0. The molecule has 3 aliphatic carbocycles. The fourth-order valence-electron chi connectivity index (χ4n) is 5.28. The van der Waals surface area contributed by atoms with Gasteiger partial charge in [-0.15, -0.1) is 0 Å². The molecule has 0 amide bonds. The molecule has 0 heteroatoms. The smallest absolute Gasteiger partial charge is 0.0354 e. The van der Waals surface area contributed by atoms with E-state index in [4.69, 9.17) is 0 Å². The molecule has 0 nitrogen and oxygen atoms in total. The van der Waals surface area contributed by atoms with Crippen molar-refractivity contribution in [1.29, 1.82) is 0 Å². The Morgan fingerprint density at radius 3 is 1.50 bits per heavy atom. The molecule has 0 unspecified atom stereocenters. The second-order valence-electron chi connectivity index (χ2n) is 7.66. The predicted octanol–water partition coefficient (Wildman–Crippen LogP) is 5.91. The summed E-state index contributed by atoms with van der Waals surface area (Å²) in [5.41, 5.74) is 14.9.